The first-order valence-corrected chi connectivity index (χ1v) is 9.60. The summed E-state index contributed by atoms with van der Waals surface area (Å²) in [4.78, 5) is 16.6. The minimum atomic E-state index is -0.0630. The van der Waals surface area contributed by atoms with E-state index in [1.165, 1.54) is 10.4 Å². The standard InChI is InChI=1S/C22H17NO2S/c24-22(19-14-16-8-4-5-9-18(16)25-19)23-12-10-20-17(11-13-26-20)21(23)15-6-2-1-3-7-15/h1-9,11,13-14,21H,10,12H2. The van der Waals surface area contributed by atoms with Gasteiger partial charge < -0.3 is 9.32 Å². The smallest absolute Gasteiger partial charge is 0.290 e. The van der Waals surface area contributed by atoms with Gasteiger partial charge in [0.2, 0.25) is 0 Å². The van der Waals surface area contributed by atoms with Gasteiger partial charge in [-0.15, -0.1) is 11.3 Å². The Morgan fingerprint density at radius 3 is 2.69 bits per heavy atom. The number of rotatable bonds is 2. The second kappa shape index (κ2) is 6.15. The molecule has 1 unspecified atom stereocenters. The molecule has 5 rings (SSSR count). The summed E-state index contributed by atoms with van der Waals surface area (Å²) in [5, 5.41) is 3.08. The molecule has 0 N–H and O–H groups in total. The Kier molecular flexibility index (Phi) is 3.64. The van der Waals surface area contributed by atoms with Crippen molar-refractivity contribution in [3.8, 4) is 0 Å². The van der Waals surface area contributed by atoms with Gasteiger partial charge in [-0.05, 0) is 41.1 Å². The van der Waals surface area contributed by atoms with Crippen LogP contribution in [-0.4, -0.2) is 17.4 Å². The molecule has 1 aliphatic heterocycles. The Bertz CT molecular complexity index is 1050. The van der Waals surface area contributed by atoms with Crippen LogP contribution in [0.15, 0.2) is 76.5 Å². The van der Waals surface area contributed by atoms with E-state index in [1.54, 1.807) is 11.3 Å². The fourth-order valence-electron chi connectivity index (χ4n) is 3.76. The summed E-state index contributed by atoms with van der Waals surface area (Å²) in [6, 6.07) is 21.9. The lowest BCUT2D eigenvalue weighted by molar-refractivity contribution is 0.0666. The molecule has 0 radical (unpaired) electrons. The molecule has 2 aromatic heterocycles. The number of amides is 1. The Labute approximate surface area is 155 Å². The van der Waals surface area contributed by atoms with E-state index < -0.39 is 0 Å². The van der Waals surface area contributed by atoms with Crippen molar-refractivity contribution in [3.05, 3.63) is 93.9 Å². The van der Waals surface area contributed by atoms with Gasteiger partial charge in [-0.3, -0.25) is 4.79 Å². The van der Waals surface area contributed by atoms with Crippen LogP contribution in [0, 0.1) is 0 Å². The number of thiophene rings is 1. The Hall–Kier alpha value is -2.85. The molecule has 4 aromatic rings. The van der Waals surface area contributed by atoms with Crippen molar-refractivity contribution in [1.82, 2.24) is 4.90 Å². The van der Waals surface area contributed by atoms with Crippen LogP contribution in [0.5, 0.6) is 0 Å². The van der Waals surface area contributed by atoms with Gasteiger partial charge >= 0.3 is 0 Å². The van der Waals surface area contributed by atoms with E-state index >= 15 is 0 Å². The van der Waals surface area contributed by atoms with Gasteiger partial charge in [0.25, 0.3) is 5.91 Å². The van der Waals surface area contributed by atoms with Gasteiger partial charge in [0.1, 0.15) is 5.58 Å². The third-order valence-electron chi connectivity index (χ3n) is 4.98. The van der Waals surface area contributed by atoms with Gasteiger partial charge in [-0.1, -0.05) is 48.5 Å². The van der Waals surface area contributed by atoms with Gasteiger partial charge in [-0.2, -0.15) is 0 Å². The first-order valence-electron chi connectivity index (χ1n) is 8.72. The third kappa shape index (κ3) is 2.45. The predicted octanol–water partition coefficient (Wildman–Crippen LogP) is 5.28. The summed E-state index contributed by atoms with van der Waals surface area (Å²) >= 11 is 1.78. The van der Waals surface area contributed by atoms with Crippen LogP contribution in [0.3, 0.4) is 0 Å². The summed E-state index contributed by atoms with van der Waals surface area (Å²) in [7, 11) is 0. The van der Waals surface area contributed by atoms with E-state index in [4.69, 9.17) is 4.42 Å². The molecule has 1 aliphatic rings. The number of benzene rings is 2. The summed E-state index contributed by atoms with van der Waals surface area (Å²) in [6.45, 7) is 0.697. The van der Waals surface area contributed by atoms with Gasteiger partial charge in [0.05, 0.1) is 6.04 Å². The first-order chi connectivity index (χ1) is 12.8. The fourth-order valence-corrected chi connectivity index (χ4v) is 4.66. The fraction of sp³-hybridized carbons (Fsp3) is 0.136. The molecule has 26 heavy (non-hydrogen) atoms. The maximum atomic E-state index is 13.3. The van der Waals surface area contributed by atoms with E-state index in [0.717, 1.165) is 23.0 Å². The van der Waals surface area contributed by atoms with Crippen molar-refractivity contribution in [3.63, 3.8) is 0 Å². The van der Waals surface area contributed by atoms with E-state index in [1.807, 2.05) is 53.4 Å². The van der Waals surface area contributed by atoms with Gasteiger partial charge in [0, 0.05) is 16.8 Å². The zero-order valence-corrected chi connectivity index (χ0v) is 14.9. The predicted molar refractivity (Wildman–Crippen MR) is 104 cm³/mol. The quantitative estimate of drug-likeness (QED) is 0.488. The van der Waals surface area contributed by atoms with Crippen molar-refractivity contribution in [2.24, 2.45) is 0 Å². The van der Waals surface area contributed by atoms with E-state index in [-0.39, 0.29) is 11.9 Å². The number of nitrogens with zero attached hydrogens (tertiary/aromatic N) is 1. The highest BCUT2D eigenvalue weighted by atomic mass is 32.1. The molecular weight excluding hydrogens is 342 g/mol. The zero-order chi connectivity index (χ0) is 17.5. The zero-order valence-electron chi connectivity index (χ0n) is 14.1. The molecule has 0 bridgehead atoms. The summed E-state index contributed by atoms with van der Waals surface area (Å²) in [6.07, 6.45) is 0.891. The molecule has 0 saturated heterocycles. The van der Waals surface area contributed by atoms with E-state index in [2.05, 4.69) is 23.6 Å². The number of carbonyl (C=O) groups is 1. The number of para-hydroxylation sites is 1. The Balaban J connectivity index is 1.59. The first kappa shape index (κ1) is 15.4. The van der Waals surface area contributed by atoms with E-state index in [9.17, 15) is 4.79 Å². The Morgan fingerprint density at radius 2 is 1.85 bits per heavy atom. The van der Waals surface area contributed by atoms with Crippen LogP contribution >= 0.6 is 11.3 Å². The van der Waals surface area contributed by atoms with Crippen LogP contribution < -0.4 is 0 Å². The lowest BCUT2D eigenvalue weighted by Crippen LogP contribution is -2.39. The SMILES string of the molecule is O=C(c1cc2ccccc2o1)N1CCc2sccc2C1c1ccccc1. The molecule has 0 fully saturated rings. The lowest BCUT2D eigenvalue weighted by Gasteiger charge is -2.35. The molecule has 3 nitrogen and oxygen atoms in total. The number of hydrogen-bond donors (Lipinski definition) is 0. The largest absolute Gasteiger partial charge is 0.451 e. The number of carbonyl (C=O) groups excluding carboxylic acids is 1. The molecule has 0 saturated carbocycles. The highest BCUT2D eigenvalue weighted by Crippen LogP contribution is 2.38. The van der Waals surface area contributed by atoms with Gasteiger partial charge in [0.15, 0.2) is 5.76 Å². The summed E-state index contributed by atoms with van der Waals surface area (Å²) in [5.41, 5.74) is 3.12. The van der Waals surface area contributed by atoms with Crippen molar-refractivity contribution >= 4 is 28.2 Å². The molecule has 128 valence electrons. The molecule has 1 atom stereocenters. The van der Waals surface area contributed by atoms with Crippen LogP contribution in [0.2, 0.25) is 0 Å². The number of furan rings is 1. The highest BCUT2D eigenvalue weighted by molar-refractivity contribution is 7.10. The van der Waals surface area contributed by atoms with E-state index in [0.29, 0.717) is 12.3 Å². The van der Waals surface area contributed by atoms with Crippen molar-refractivity contribution < 1.29 is 9.21 Å². The van der Waals surface area contributed by atoms with Crippen LogP contribution in [0.25, 0.3) is 11.0 Å². The number of fused-ring (bicyclic) bond motifs is 2. The average molecular weight is 359 g/mol. The highest BCUT2D eigenvalue weighted by Gasteiger charge is 2.34. The monoisotopic (exact) mass is 359 g/mol. The minimum Gasteiger partial charge on any atom is -0.451 e. The minimum absolute atomic E-state index is 0.0492. The molecular formula is C22H17NO2S. The number of hydrogen-bond acceptors (Lipinski definition) is 3. The molecule has 0 spiro atoms. The van der Waals surface area contributed by atoms with Crippen molar-refractivity contribution in [1.29, 1.82) is 0 Å². The lowest BCUT2D eigenvalue weighted by atomic mass is 9.93. The molecule has 0 aliphatic carbocycles. The molecule has 2 aromatic carbocycles. The topological polar surface area (TPSA) is 33.5 Å². The maximum Gasteiger partial charge on any atom is 0.290 e. The Morgan fingerprint density at radius 1 is 1.04 bits per heavy atom. The average Bonchev–Trinajstić information content (AvgIpc) is 3.33. The summed E-state index contributed by atoms with van der Waals surface area (Å²) < 4.78 is 5.85. The van der Waals surface area contributed by atoms with Crippen molar-refractivity contribution in [2.75, 3.05) is 6.54 Å². The van der Waals surface area contributed by atoms with Crippen LogP contribution in [-0.2, 0) is 6.42 Å². The molecule has 1 amide bonds. The van der Waals surface area contributed by atoms with Gasteiger partial charge in [-0.25, -0.2) is 0 Å². The molecule has 4 heteroatoms. The van der Waals surface area contributed by atoms with Crippen LogP contribution in [0.4, 0.5) is 0 Å². The normalized spacial score (nSPS) is 16.6. The van der Waals surface area contributed by atoms with Crippen LogP contribution in [0.1, 0.15) is 32.6 Å². The third-order valence-corrected chi connectivity index (χ3v) is 5.97. The maximum absolute atomic E-state index is 13.3. The summed E-state index contributed by atoms with van der Waals surface area (Å²) in [5.74, 6) is 0.359. The second-order valence-corrected chi connectivity index (χ2v) is 7.51. The molecule has 3 heterocycles. The van der Waals surface area contributed by atoms with Crippen molar-refractivity contribution in [2.45, 2.75) is 12.5 Å². The second-order valence-electron chi connectivity index (χ2n) is 6.51.